The number of hydrogen-bond donors (Lipinski definition) is 0. The van der Waals surface area contributed by atoms with Gasteiger partial charge in [0.2, 0.25) is 0 Å². The van der Waals surface area contributed by atoms with E-state index in [1.807, 2.05) is 22.6 Å². The lowest BCUT2D eigenvalue weighted by atomic mass is 10.3. The number of nitrogens with zero attached hydrogens (tertiary/aromatic N) is 3. The number of rotatable bonds is 1. The summed E-state index contributed by atoms with van der Waals surface area (Å²) < 4.78 is 13.5. The first-order valence-electron chi connectivity index (χ1n) is 2.85. The Labute approximate surface area is 86.3 Å². The Kier molecular flexibility index (Phi) is 3.13. The molecule has 1 rings (SSSR count). The lowest BCUT2D eigenvalue weighted by Crippen LogP contribution is -1.79. The molecule has 0 saturated heterocycles. The van der Waals surface area contributed by atoms with Gasteiger partial charge in [0.1, 0.15) is 5.82 Å². The van der Waals surface area contributed by atoms with E-state index in [0.29, 0.717) is 8.59 Å². The molecule has 1 aromatic rings. The number of hydrogen-bond acceptors (Lipinski definition) is 1. The molecule has 0 spiro atoms. The van der Waals surface area contributed by atoms with Crippen molar-refractivity contribution in [1.29, 1.82) is 0 Å². The Morgan fingerprint density at radius 2 is 2.25 bits per heavy atom. The van der Waals surface area contributed by atoms with E-state index >= 15 is 0 Å². The van der Waals surface area contributed by atoms with Gasteiger partial charge < -0.3 is 0 Å². The van der Waals surface area contributed by atoms with Crippen molar-refractivity contribution in [2.45, 2.75) is 0 Å². The van der Waals surface area contributed by atoms with Gasteiger partial charge in [0.25, 0.3) is 0 Å². The average molecular weight is 297 g/mol. The summed E-state index contributed by atoms with van der Waals surface area (Å²) in [5.41, 5.74) is 8.02. The van der Waals surface area contributed by atoms with Crippen LogP contribution in [0.3, 0.4) is 0 Å². The summed E-state index contributed by atoms with van der Waals surface area (Å²) >= 11 is 7.53. The maximum atomic E-state index is 12.9. The first-order valence-corrected chi connectivity index (χ1v) is 4.30. The van der Waals surface area contributed by atoms with Crippen molar-refractivity contribution in [3.63, 3.8) is 0 Å². The topological polar surface area (TPSA) is 48.8 Å². The smallest absolute Gasteiger partial charge is 0.134 e. The van der Waals surface area contributed by atoms with E-state index in [4.69, 9.17) is 17.1 Å². The van der Waals surface area contributed by atoms with Crippen molar-refractivity contribution in [3.05, 3.63) is 37.0 Å². The Balaban J connectivity index is 3.32. The summed E-state index contributed by atoms with van der Waals surface area (Å²) in [6.45, 7) is 0. The zero-order valence-electron chi connectivity index (χ0n) is 5.63. The van der Waals surface area contributed by atoms with E-state index < -0.39 is 5.82 Å². The Hall–Kier alpha value is -0.520. The molecular formula is C6H2ClFIN3. The maximum Gasteiger partial charge on any atom is 0.134 e. The molecule has 12 heavy (non-hydrogen) atoms. The van der Waals surface area contributed by atoms with Crippen molar-refractivity contribution in [2.24, 2.45) is 5.11 Å². The third-order valence-electron chi connectivity index (χ3n) is 1.14. The summed E-state index contributed by atoms with van der Waals surface area (Å²) in [5, 5.41) is 3.46. The molecule has 0 amide bonds. The van der Waals surface area contributed by atoms with Crippen LogP contribution in [-0.2, 0) is 0 Å². The first kappa shape index (κ1) is 9.57. The number of benzene rings is 1. The highest BCUT2D eigenvalue weighted by Crippen LogP contribution is 2.27. The van der Waals surface area contributed by atoms with Crippen molar-refractivity contribution >= 4 is 39.9 Å². The van der Waals surface area contributed by atoms with E-state index in [1.54, 1.807) is 0 Å². The zero-order chi connectivity index (χ0) is 9.14. The fourth-order valence-corrected chi connectivity index (χ4v) is 1.24. The third kappa shape index (κ3) is 2.00. The van der Waals surface area contributed by atoms with Crippen LogP contribution in [0.2, 0.25) is 5.02 Å². The SMILES string of the molecule is [N-]=[N+]=Nc1cc(I)c(Cl)cc1F. The molecule has 0 aliphatic heterocycles. The van der Waals surface area contributed by atoms with Crippen molar-refractivity contribution in [3.8, 4) is 0 Å². The van der Waals surface area contributed by atoms with Gasteiger partial charge in [0, 0.05) is 8.48 Å². The highest BCUT2D eigenvalue weighted by Gasteiger charge is 2.04. The van der Waals surface area contributed by atoms with Crippen LogP contribution in [0.25, 0.3) is 10.4 Å². The molecule has 62 valence electrons. The highest BCUT2D eigenvalue weighted by atomic mass is 127. The van der Waals surface area contributed by atoms with Crippen molar-refractivity contribution in [1.82, 2.24) is 0 Å². The minimum atomic E-state index is -0.613. The number of azide groups is 1. The molecule has 0 heterocycles. The van der Waals surface area contributed by atoms with Gasteiger partial charge in [0.05, 0.1) is 10.7 Å². The molecule has 0 aliphatic rings. The van der Waals surface area contributed by atoms with E-state index in [0.717, 1.165) is 6.07 Å². The van der Waals surface area contributed by atoms with Crippen LogP contribution in [-0.4, -0.2) is 0 Å². The minimum absolute atomic E-state index is 0.0358. The fourth-order valence-electron chi connectivity index (χ4n) is 0.637. The standard InChI is InChI=1S/C6H2ClFIN3/c7-3-1-4(8)6(11-12-10)2-5(3)9/h1-2H. The normalized spacial score (nSPS) is 9.25. The third-order valence-corrected chi connectivity index (χ3v) is 2.67. The fraction of sp³-hybridized carbons (Fsp3) is 0. The van der Waals surface area contributed by atoms with Gasteiger partial charge in [-0.25, -0.2) is 4.39 Å². The molecule has 0 bridgehead atoms. The molecule has 6 heteroatoms. The second kappa shape index (κ2) is 3.93. The van der Waals surface area contributed by atoms with E-state index in [1.165, 1.54) is 6.07 Å². The Morgan fingerprint density at radius 1 is 1.58 bits per heavy atom. The zero-order valence-corrected chi connectivity index (χ0v) is 8.54. The molecule has 0 aliphatic carbocycles. The van der Waals surface area contributed by atoms with Gasteiger partial charge in [-0.1, -0.05) is 16.7 Å². The molecule has 3 nitrogen and oxygen atoms in total. The van der Waals surface area contributed by atoms with Gasteiger partial charge in [-0.05, 0) is 40.3 Å². The van der Waals surface area contributed by atoms with Gasteiger partial charge in [-0.3, -0.25) is 0 Å². The largest absolute Gasteiger partial charge is 0.206 e. The quantitative estimate of drug-likeness (QED) is 0.247. The second-order valence-electron chi connectivity index (χ2n) is 1.91. The van der Waals surface area contributed by atoms with Gasteiger partial charge in [-0.15, -0.1) is 0 Å². The summed E-state index contributed by atoms with van der Waals surface area (Å²) in [6, 6.07) is 2.51. The van der Waals surface area contributed by atoms with E-state index in [2.05, 4.69) is 10.0 Å². The number of halogens is 3. The molecule has 0 fully saturated rings. The van der Waals surface area contributed by atoms with Crippen LogP contribution in [0.15, 0.2) is 17.2 Å². The molecule has 0 unspecified atom stereocenters. The van der Waals surface area contributed by atoms with Crippen molar-refractivity contribution in [2.75, 3.05) is 0 Å². The lowest BCUT2D eigenvalue weighted by molar-refractivity contribution is 0.629. The molecule has 0 atom stereocenters. The highest BCUT2D eigenvalue weighted by molar-refractivity contribution is 14.1. The van der Waals surface area contributed by atoms with Gasteiger partial charge in [-0.2, -0.15) is 0 Å². The van der Waals surface area contributed by atoms with Crippen LogP contribution in [0.4, 0.5) is 10.1 Å². The summed E-state index contributed by atoms with van der Waals surface area (Å²) in [5.74, 6) is -0.613. The average Bonchev–Trinajstić information content (AvgIpc) is 2.01. The molecule has 1 aromatic carbocycles. The minimum Gasteiger partial charge on any atom is -0.206 e. The summed E-state index contributed by atoms with van der Waals surface area (Å²) in [7, 11) is 0. The van der Waals surface area contributed by atoms with Crippen LogP contribution in [0, 0.1) is 9.39 Å². The van der Waals surface area contributed by atoms with Crippen LogP contribution >= 0.6 is 34.2 Å². The van der Waals surface area contributed by atoms with Gasteiger partial charge >= 0.3 is 0 Å². The predicted octanol–water partition coefficient (Wildman–Crippen LogP) is 4.03. The second-order valence-corrected chi connectivity index (χ2v) is 3.48. The van der Waals surface area contributed by atoms with Crippen LogP contribution < -0.4 is 0 Å². The Morgan fingerprint density at radius 3 is 2.83 bits per heavy atom. The lowest BCUT2D eigenvalue weighted by Gasteiger charge is -1.98. The molecule has 0 aromatic heterocycles. The monoisotopic (exact) mass is 297 g/mol. The molecule has 0 saturated carbocycles. The van der Waals surface area contributed by atoms with Crippen molar-refractivity contribution < 1.29 is 4.39 Å². The van der Waals surface area contributed by atoms with E-state index in [-0.39, 0.29) is 5.69 Å². The van der Waals surface area contributed by atoms with Crippen LogP contribution in [0.1, 0.15) is 0 Å². The Bertz CT molecular complexity index is 362. The van der Waals surface area contributed by atoms with Gasteiger partial charge in [0.15, 0.2) is 0 Å². The summed E-state index contributed by atoms with van der Waals surface area (Å²) in [6.07, 6.45) is 0. The first-order chi connectivity index (χ1) is 5.65. The van der Waals surface area contributed by atoms with Crippen LogP contribution in [0.5, 0.6) is 0 Å². The molecular weight excluding hydrogens is 295 g/mol. The molecule has 0 radical (unpaired) electrons. The maximum absolute atomic E-state index is 12.9. The van der Waals surface area contributed by atoms with E-state index in [9.17, 15) is 4.39 Å². The molecule has 0 N–H and O–H groups in total. The predicted molar refractivity (Wildman–Crippen MR) is 52.9 cm³/mol. The summed E-state index contributed by atoms with van der Waals surface area (Å²) in [4.78, 5) is 2.48.